The highest BCUT2D eigenvalue weighted by atomic mass is 15.1. The Bertz CT molecular complexity index is 3220. The lowest BCUT2D eigenvalue weighted by Gasteiger charge is -2.30. The Labute approximate surface area is 352 Å². The van der Waals surface area contributed by atoms with Crippen molar-refractivity contribution in [2.24, 2.45) is 0 Å². The molecule has 1 nitrogen and oxygen atoms in total. The van der Waals surface area contributed by atoms with E-state index < -0.39 is 0 Å². The van der Waals surface area contributed by atoms with E-state index in [1.54, 1.807) is 0 Å². The van der Waals surface area contributed by atoms with Gasteiger partial charge in [-0.3, -0.25) is 0 Å². The Morgan fingerprint density at radius 2 is 0.833 bits per heavy atom. The van der Waals surface area contributed by atoms with E-state index in [4.69, 9.17) is 0 Å². The van der Waals surface area contributed by atoms with Crippen LogP contribution in [0.15, 0.2) is 224 Å². The van der Waals surface area contributed by atoms with Crippen molar-refractivity contribution < 1.29 is 0 Å². The van der Waals surface area contributed by atoms with Crippen molar-refractivity contribution in [2.45, 2.75) is 19.3 Å². The lowest BCUT2D eigenvalue weighted by molar-refractivity contribution is 0.660. The van der Waals surface area contributed by atoms with E-state index in [0.717, 1.165) is 17.1 Å². The van der Waals surface area contributed by atoms with E-state index in [2.05, 4.69) is 243 Å². The Morgan fingerprint density at radius 3 is 1.62 bits per heavy atom. The van der Waals surface area contributed by atoms with Crippen LogP contribution in [-0.2, 0) is 5.41 Å². The number of nitrogens with zero attached hydrogens (tertiary/aromatic N) is 1. The van der Waals surface area contributed by atoms with Gasteiger partial charge in [0.1, 0.15) is 0 Å². The average Bonchev–Trinajstić information content (AvgIpc) is 3.54. The van der Waals surface area contributed by atoms with Gasteiger partial charge >= 0.3 is 0 Å². The monoisotopic (exact) mass is 765 g/mol. The van der Waals surface area contributed by atoms with Crippen LogP contribution in [0.25, 0.3) is 77.2 Å². The molecule has 1 aliphatic rings. The molecule has 1 heteroatoms. The molecule has 60 heavy (non-hydrogen) atoms. The highest BCUT2D eigenvalue weighted by molar-refractivity contribution is 6.09. The van der Waals surface area contributed by atoms with Crippen molar-refractivity contribution in [3.8, 4) is 55.6 Å². The first-order valence-electron chi connectivity index (χ1n) is 20.9. The van der Waals surface area contributed by atoms with Gasteiger partial charge in [-0.2, -0.15) is 0 Å². The molecule has 0 fully saturated rings. The molecule has 0 unspecified atom stereocenters. The van der Waals surface area contributed by atoms with Crippen LogP contribution < -0.4 is 4.90 Å². The van der Waals surface area contributed by atoms with Gasteiger partial charge in [0.15, 0.2) is 0 Å². The number of benzene rings is 10. The van der Waals surface area contributed by atoms with Crippen LogP contribution in [-0.4, -0.2) is 0 Å². The molecular weight excluding hydrogens is 723 g/mol. The van der Waals surface area contributed by atoms with Gasteiger partial charge in [0.05, 0.1) is 5.69 Å². The normalized spacial score (nSPS) is 12.6. The summed E-state index contributed by atoms with van der Waals surface area (Å²) in [6, 6.07) is 82.5. The zero-order valence-electron chi connectivity index (χ0n) is 33.8. The minimum absolute atomic E-state index is 0.0224. The molecule has 0 aromatic heterocycles. The van der Waals surface area contributed by atoms with Gasteiger partial charge in [-0.05, 0) is 119 Å². The summed E-state index contributed by atoms with van der Waals surface area (Å²) in [5.74, 6) is 0. The summed E-state index contributed by atoms with van der Waals surface area (Å²) in [7, 11) is 0. The van der Waals surface area contributed by atoms with Crippen LogP contribution in [0.1, 0.15) is 25.0 Å². The lowest BCUT2D eigenvalue weighted by Crippen LogP contribution is -2.14. The highest BCUT2D eigenvalue weighted by Crippen LogP contribution is 2.51. The molecule has 0 aliphatic heterocycles. The first-order valence-corrected chi connectivity index (χ1v) is 20.9. The predicted octanol–water partition coefficient (Wildman–Crippen LogP) is 16.4. The molecule has 0 radical (unpaired) electrons. The zero-order chi connectivity index (χ0) is 40.2. The van der Waals surface area contributed by atoms with Crippen molar-refractivity contribution in [3.05, 3.63) is 236 Å². The van der Waals surface area contributed by atoms with Gasteiger partial charge in [0.25, 0.3) is 0 Å². The maximum atomic E-state index is 2.46. The van der Waals surface area contributed by atoms with Crippen molar-refractivity contribution in [3.63, 3.8) is 0 Å². The molecule has 10 aromatic carbocycles. The topological polar surface area (TPSA) is 3.24 Å². The fourth-order valence-corrected chi connectivity index (χ4v) is 9.72. The van der Waals surface area contributed by atoms with Gasteiger partial charge in [-0.25, -0.2) is 0 Å². The number of hydrogen-bond acceptors (Lipinski definition) is 1. The Hall–Kier alpha value is -7.48. The fourth-order valence-electron chi connectivity index (χ4n) is 9.72. The minimum atomic E-state index is -0.0224. The predicted molar refractivity (Wildman–Crippen MR) is 255 cm³/mol. The third kappa shape index (κ3) is 5.93. The van der Waals surface area contributed by atoms with Crippen molar-refractivity contribution in [1.29, 1.82) is 0 Å². The molecule has 11 rings (SSSR count). The van der Waals surface area contributed by atoms with Gasteiger partial charge in [-0.1, -0.05) is 202 Å². The summed E-state index contributed by atoms with van der Waals surface area (Å²) >= 11 is 0. The standard InChI is InChI=1S/C59H43N/c1-59(2)55-30-11-10-26-51(55)54-39-45(34-37-56(54)59)41-32-35-46(36-33-41)60(47-23-12-22-44(38-47)40-16-4-3-5-17-40)57-31-15-29-53(50-27-13-20-42-18-6-8-24-48(42)50)58(57)52-28-14-21-43-19-7-9-25-49(43)52/h3-39H,1-2H3. The summed E-state index contributed by atoms with van der Waals surface area (Å²) in [5, 5.41) is 4.91. The zero-order valence-corrected chi connectivity index (χ0v) is 33.8. The smallest absolute Gasteiger partial charge is 0.0546 e. The summed E-state index contributed by atoms with van der Waals surface area (Å²) in [6.07, 6.45) is 0. The molecule has 0 saturated carbocycles. The number of fused-ring (bicyclic) bond motifs is 5. The van der Waals surface area contributed by atoms with Crippen LogP contribution in [0.4, 0.5) is 17.1 Å². The van der Waals surface area contributed by atoms with Crippen molar-refractivity contribution in [1.82, 2.24) is 0 Å². The summed E-state index contributed by atoms with van der Waals surface area (Å²) in [5.41, 5.74) is 18.3. The highest BCUT2D eigenvalue weighted by Gasteiger charge is 2.35. The molecule has 0 atom stereocenters. The molecule has 0 saturated heterocycles. The summed E-state index contributed by atoms with van der Waals surface area (Å²) < 4.78 is 0. The molecule has 0 N–H and O–H groups in total. The SMILES string of the molecule is CC1(C)c2ccccc2-c2cc(-c3ccc(N(c4cccc(-c5ccccc5)c4)c4cccc(-c5cccc6ccccc56)c4-c4cccc5ccccc45)cc3)ccc21. The third-order valence-corrected chi connectivity index (χ3v) is 12.7. The molecule has 0 amide bonds. The molecule has 284 valence electrons. The van der Waals surface area contributed by atoms with E-state index in [9.17, 15) is 0 Å². The van der Waals surface area contributed by atoms with E-state index >= 15 is 0 Å². The quantitative estimate of drug-likeness (QED) is 0.156. The molecular formula is C59H43N. The van der Waals surface area contributed by atoms with E-state index in [0.29, 0.717) is 0 Å². The second-order valence-corrected chi connectivity index (χ2v) is 16.5. The molecule has 0 heterocycles. The summed E-state index contributed by atoms with van der Waals surface area (Å²) in [4.78, 5) is 2.46. The van der Waals surface area contributed by atoms with Crippen molar-refractivity contribution in [2.75, 3.05) is 4.90 Å². The molecule has 10 aromatic rings. The number of anilines is 3. The van der Waals surface area contributed by atoms with Gasteiger partial charge in [-0.15, -0.1) is 0 Å². The van der Waals surface area contributed by atoms with E-state index in [1.165, 1.54) is 88.3 Å². The lowest BCUT2D eigenvalue weighted by atomic mass is 9.82. The van der Waals surface area contributed by atoms with Gasteiger partial charge in [0, 0.05) is 22.4 Å². The molecule has 0 spiro atoms. The van der Waals surface area contributed by atoms with Crippen LogP contribution in [0.3, 0.4) is 0 Å². The fraction of sp³-hybridized carbons (Fsp3) is 0.0508. The average molecular weight is 766 g/mol. The molecule has 0 bridgehead atoms. The van der Waals surface area contributed by atoms with Gasteiger partial charge < -0.3 is 4.90 Å². The van der Waals surface area contributed by atoms with Crippen LogP contribution in [0, 0.1) is 0 Å². The van der Waals surface area contributed by atoms with Crippen LogP contribution in [0.5, 0.6) is 0 Å². The second kappa shape index (κ2) is 14.4. The Morgan fingerprint density at radius 1 is 0.317 bits per heavy atom. The van der Waals surface area contributed by atoms with E-state index in [1.807, 2.05) is 0 Å². The largest absolute Gasteiger partial charge is 0.310 e. The first kappa shape index (κ1) is 35.7. The molecule has 1 aliphatic carbocycles. The Kier molecular flexibility index (Phi) is 8.57. The van der Waals surface area contributed by atoms with Gasteiger partial charge in [0.2, 0.25) is 0 Å². The maximum Gasteiger partial charge on any atom is 0.0546 e. The maximum absolute atomic E-state index is 2.46. The van der Waals surface area contributed by atoms with Crippen LogP contribution in [0.2, 0.25) is 0 Å². The minimum Gasteiger partial charge on any atom is -0.310 e. The van der Waals surface area contributed by atoms with E-state index in [-0.39, 0.29) is 5.41 Å². The second-order valence-electron chi connectivity index (χ2n) is 16.5. The third-order valence-electron chi connectivity index (χ3n) is 12.7. The number of hydrogen-bond donors (Lipinski definition) is 0. The summed E-state index contributed by atoms with van der Waals surface area (Å²) in [6.45, 7) is 4.69. The van der Waals surface area contributed by atoms with Crippen molar-refractivity contribution >= 4 is 38.6 Å². The van der Waals surface area contributed by atoms with Crippen LogP contribution >= 0.6 is 0 Å². The Balaban J connectivity index is 1.14. The number of rotatable bonds is 7. The first-order chi connectivity index (χ1) is 29.5.